The van der Waals surface area contributed by atoms with E-state index >= 15 is 0 Å². The average molecular weight is 289 g/mol. The van der Waals surface area contributed by atoms with E-state index in [1.54, 1.807) is 18.4 Å². The average Bonchev–Trinajstić information content (AvgIpc) is 2.98. The Morgan fingerprint density at radius 3 is 2.76 bits per heavy atom. The highest BCUT2D eigenvalue weighted by Gasteiger charge is 2.12. The van der Waals surface area contributed by atoms with Crippen molar-refractivity contribution < 1.29 is 23.8 Å². The van der Waals surface area contributed by atoms with Gasteiger partial charge >= 0.3 is 5.97 Å². The zero-order valence-electron chi connectivity index (χ0n) is 11.5. The van der Waals surface area contributed by atoms with Gasteiger partial charge in [-0.25, -0.2) is 4.79 Å². The van der Waals surface area contributed by atoms with Gasteiger partial charge in [-0.2, -0.15) is 0 Å². The lowest BCUT2D eigenvalue weighted by molar-refractivity contribution is -0.116. The van der Waals surface area contributed by atoms with Gasteiger partial charge < -0.3 is 19.6 Å². The number of benzene rings is 1. The minimum Gasteiger partial charge on any atom is -0.495 e. The van der Waals surface area contributed by atoms with Crippen LogP contribution in [0.1, 0.15) is 22.5 Å². The van der Waals surface area contributed by atoms with Crippen LogP contribution in [0.15, 0.2) is 41.0 Å². The van der Waals surface area contributed by atoms with Gasteiger partial charge in [0.25, 0.3) is 0 Å². The summed E-state index contributed by atoms with van der Waals surface area (Å²) in [5, 5.41) is 11.6. The molecule has 0 saturated heterocycles. The van der Waals surface area contributed by atoms with Crippen molar-refractivity contribution in [3.63, 3.8) is 0 Å². The predicted octanol–water partition coefficient (Wildman–Crippen LogP) is 2.56. The Morgan fingerprint density at radius 2 is 2.14 bits per heavy atom. The first-order valence-electron chi connectivity index (χ1n) is 6.33. The number of hydrogen-bond donors (Lipinski definition) is 2. The summed E-state index contributed by atoms with van der Waals surface area (Å²) in [5.41, 5.74) is 0.416. The lowest BCUT2D eigenvalue weighted by Gasteiger charge is -2.10. The third-order valence-corrected chi connectivity index (χ3v) is 2.90. The first-order valence-corrected chi connectivity index (χ1v) is 6.33. The zero-order chi connectivity index (χ0) is 15.2. The van der Waals surface area contributed by atoms with Gasteiger partial charge in [-0.05, 0) is 30.3 Å². The summed E-state index contributed by atoms with van der Waals surface area (Å²) in [5.74, 6) is -0.182. The number of rotatable bonds is 6. The summed E-state index contributed by atoms with van der Waals surface area (Å²) in [7, 11) is 1.45. The van der Waals surface area contributed by atoms with E-state index in [0.717, 1.165) is 5.76 Å². The van der Waals surface area contributed by atoms with Crippen molar-refractivity contribution in [2.24, 2.45) is 0 Å². The first kappa shape index (κ1) is 14.6. The molecule has 0 fully saturated rings. The van der Waals surface area contributed by atoms with Crippen molar-refractivity contribution >= 4 is 17.6 Å². The Hall–Kier alpha value is -2.76. The van der Waals surface area contributed by atoms with Crippen LogP contribution in [0.3, 0.4) is 0 Å². The molecule has 1 amide bonds. The molecule has 2 aromatic rings. The molecule has 0 bridgehead atoms. The lowest BCUT2D eigenvalue weighted by Crippen LogP contribution is -2.13. The number of aromatic carboxylic acids is 1. The molecule has 0 aliphatic carbocycles. The maximum absolute atomic E-state index is 11.9. The number of carbonyl (C=O) groups is 2. The molecule has 0 spiro atoms. The topological polar surface area (TPSA) is 88.8 Å². The SMILES string of the molecule is COc1ccc(C(=O)O)cc1NC(=O)CCc1ccco1. The summed E-state index contributed by atoms with van der Waals surface area (Å²) < 4.78 is 10.3. The number of amides is 1. The van der Waals surface area contributed by atoms with Crippen molar-refractivity contribution in [2.45, 2.75) is 12.8 Å². The molecule has 0 aliphatic heterocycles. The number of furan rings is 1. The summed E-state index contributed by atoms with van der Waals surface area (Å²) >= 11 is 0. The summed E-state index contributed by atoms with van der Waals surface area (Å²) in [6.07, 6.45) is 2.25. The third-order valence-electron chi connectivity index (χ3n) is 2.90. The first-order chi connectivity index (χ1) is 10.1. The quantitative estimate of drug-likeness (QED) is 0.853. The van der Waals surface area contributed by atoms with Crippen LogP contribution in [0, 0.1) is 0 Å². The van der Waals surface area contributed by atoms with Crippen LogP contribution in [0.25, 0.3) is 0 Å². The summed E-state index contributed by atoms with van der Waals surface area (Å²) in [4.78, 5) is 22.9. The largest absolute Gasteiger partial charge is 0.495 e. The van der Waals surface area contributed by atoms with Gasteiger partial charge in [-0.1, -0.05) is 0 Å². The van der Waals surface area contributed by atoms with Gasteiger partial charge in [0.2, 0.25) is 5.91 Å². The molecule has 1 heterocycles. The Balaban J connectivity index is 2.04. The second-order valence-corrected chi connectivity index (χ2v) is 4.35. The van der Waals surface area contributed by atoms with Crippen molar-refractivity contribution in [3.05, 3.63) is 47.9 Å². The number of aryl methyl sites for hydroxylation is 1. The molecule has 2 N–H and O–H groups in total. The van der Waals surface area contributed by atoms with Crippen LogP contribution in [0.2, 0.25) is 0 Å². The minimum atomic E-state index is -1.07. The number of anilines is 1. The second-order valence-electron chi connectivity index (χ2n) is 4.35. The van der Waals surface area contributed by atoms with Crippen molar-refractivity contribution in [1.29, 1.82) is 0 Å². The zero-order valence-corrected chi connectivity index (χ0v) is 11.5. The van der Waals surface area contributed by atoms with Crippen LogP contribution >= 0.6 is 0 Å². The van der Waals surface area contributed by atoms with Crippen molar-refractivity contribution in [3.8, 4) is 5.75 Å². The van der Waals surface area contributed by atoms with Gasteiger partial charge in [0.15, 0.2) is 0 Å². The van der Waals surface area contributed by atoms with E-state index in [9.17, 15) is 9.59 Å². The maximum atomic E-state index is 11.9. The van der Waals surface area contributed by atoms with E-state index in [-0.39, 0.29) is 17.9 Å². The van der Waals surface area contributed by atoms with Crippen molar-refractivity contribution in [1.82, 2.24) is 0 Å². The lowest BCUT2D eigenvalue weighted by atomic mass is 10.1. The van der Waals surface area contributed by atoms with Crippen LogP contribution in [0.5, 0.6) is 5.75 Å². The molecule has 1 aromatic heterocycles. The molecule has 21 heavy (non-hydrogen) atoms. The third kappa shape index (κ3) is 3.85. The fourth-order valence-corrected chi connectivity index (χ4v) is 1.84. The van der Waals surface area contributed by atoms with Crippen LogP contribution in [-0.2, 0) is 11.2 Å². The van der Waals surface area contributed by atoms with E-state index in [1.807, 2.05) is 0 Å². The van der Waals surface area contributed by atoms with Gasteiger partial charge in [-0.15, -0.1) is 0 Å². The van der Waals surface area contributed by atoms with Gasteiger partial charge in [0.05, 0.1) is 24.6 Å². The Bertz CT molecular complexity index is 634. The van der Waals surface area contributed by atoms with Gasteiger partial charge in [0.1, 0.15) is 11.5 Å². The summed E-state index contributed by atoms with van der Waals surface area (Å²) in [6.45, 7) is 0. The molecule has 0 aliphatic rings. The number of carboxylic acid groups (broad SMARTS) is 1. The molecule has 6 heteroatoms. The number of nitrogens with one attached hydrogen (secondary N) is 1. The summed E-state index contributed by atoms with van der Waals surface area (Å²) in [6, 6.07) is 7.84. The Morgan fingerprint density at radius 1 is 1.33 bits per heavy atom. The molecule has 0 radical (unpaired) electrons. The molecule has 2 rings (SSSR count). The highest BCUT2D eigenvalue weighted by atomic mass is 16.5. The monoisotopic (exact) mass is 289 g/mol. The van der Waals surface area contributed by atoms with E-state index in [1.165, 1.54) is 25.3 Å². The molecular weight excluding hydrogens is 274 g/mol. The van der Waals surface area contributed by atoms with E-state index in [2.05, 4.69) is 5.32 Å². The maximum Gasteiger partial charge on any atom is 0.335 e. The Labute approximate surface area is 121 Å². The normalized spacial score (nSPS) is 10.1. The van der Waals surface area contributed by atoms with Crippen LogP contribution in [-0.4, -0.2) is 24.1 Å². The number of hydrogen-bond acceptors (Lipinski definition) is 4. The highest BCUT2D eigenvalue weighted by molar-refractivity contribution is 5.95. The molecule has 6 nitrogen and oxygen atoms in total. The van der Waals surface area contributed by atoms with E-state index in [0.29, 0.717) is 17.9 Å². The second kappa shape index (κ2) is 6.60. The fourth-order valence-electron chi connectivity index (χ4n) is 1.84. The Kier molecular flexibility index (Phi) is 4.61. The van der Waals surface area contributed by atoms with Crippen molar-refractivity contribution in [2.75, 3.05) is 12.4 Å². The number of carbonyl (C=O) groups excluding carboxylic acids is 1. The smallest absolute Gasteiger partial charge is 0.335 e. The highest BCUT2D eigenvalue weighted by Crippen LogP contribution is 2.25. The van der Waals surface area contributed by atoms with E-state index < -0.39 is 5.97 Å². The van der Waals surface area contributed by atoms with Gasteiger partial charge in [0, 0.05) is 12.8 Å². The molecule has 0 unspecified atom stereocenters. The van der Waals surface area contributed by atoms with E-state index in [4.69, 9.17) is 14.3 Å². The number of carboxylic acids is 1. The molecule has 110 valence electrons. The fraction of sp³-hybridized carbons (Fsp3) is 0.200. The minimum absolute atomic E-state index is 0.0807. The predicted molar refractivity (Wildman–Crippen MR) is 75.6 cm³/mol. The number of ether oxygens (including phenoxy) is 1. The molecule has 0 saturated carbocycles. The molecular formula is C15H15NO5. The molecule has 1 aromatic carbocycles. The number of methoxy groups -OCH3 is 1. The van der Waals surface area contributed by atoms with Crippen LogP contribution < -0.4 is 10.1 Å². The molecule has 0 atom stereocenters. The van der Waals surface area contributed by atoms with Crippen LogP contribution in [0.4, 0.5) is 5.69 Å². The van der Waals surface area contributed by atoms with Gasteiger partial charge in [-0.3, -0.25) is 4.79 Å². The standard InChI is InChI=1S/C15H15NO5/c1-20-13-6-4-10(15(18)19)9-12(13)16-14(17)7-5-11-3-2-8-21-11/h2-4,6,8-9H,5,7H2,1H3,(H,16,17)(H,18,19).